The highest BCUT2D eigenvalue weighted by Gasteiger charge is 2.38. The van der Waals surface area contributed by atoms with Crippen molar-refractivity contribution < 1.29 is 27.9 Å². The van der Waals surface area contributed by atoms with Gasteiger partial charge in [0.25, 0.3) is 5.91 Å². The van der Waals surface area contributed by atoms with E-state index in [1.54, 1.807) is 0 Å². The summed E-state index contributed by atoms with van der Waals surface area (Å²) < 4.78 is 38.6. The Balaban J connectivity index is 2.37. The molecule has 1 amide bonds. The fourth-order valence-corrected chi connectivity index (χ4v) is 3.45. The number of hydrogen-bond acceptors (Lipinski definition) is 3. The highest BCUT2D eigenvalue weighted by molar-refractivity contribution is 8.00. The molecule has 1 aromatic carbocycles. The van der Waals surface area contributed by atoms with Crippen molar-refractivity contribution in [3.05, 3.63) is 29.3 Å². The molecule has 4 nitrogen and oxygen atoms in total. The number of carboxylic acid groups (broad SMARTS) is 1. The van der Waals surface area contributed by atoms with Gasteiger partial charge in [0.2, 0.25) is 0 Å². The average Bonchev–Trinajstić information content (AvgIpc) is 2.41. The van der Waals surface area contributed by atoms with Crippen LogP contribution >= 0.6 is 11.8 Å². The van der Waals surface area contributed by atoms with Crippen LogP contribution < -0.4 is 0 Å². The zero-order chi connectivity index (χ0) is 19.7. The number of aliphatic carboxylic acids is 1. The number of thioether (sulfide) groups is 1. The molecule has 1 aromatic rings. The standard InChI is InChI=1S/C17H18F3NO3SSi/c1-26(2,3)9-7-11-4-5-12(10-14(11)25-17(18,19)20)15(22)21-8-6-13(21)16(23)24/h4-5,10,13H,6,8H2,1-3H3,(H,23,24)/t13-/m1/s1. The summed E-state index contributed by atoms with van der Waals surface area (Å²) in [6.07, 6.45) is 0.338. The van der Waals surface area contributed by atoms with Gasteiger partial charge in [-0.05, 0) is 36.4 Å². The third-order valence-corrected chi connectivity index (χ3v) is 5.26. The van der Waals surface area contributed by atoms with Crippen molar-refractivity contribution >= 4 is 31.7 Å². The number of rotatable bonds is 3. The minimum atomic E-state index is -4.52. The van der Waals surface area contributed by atoms with Gasteiger partial charge in [-0.15, -0.1) is 5.54 Å². The Morgan fingerprint density at radius 1 is 1.31 bits per heavy atom. The second kappa shape index (κ2) is 7.37. The van der Waals surface area contributed by atoms with Crippen LogP contribution in [0.2, 0.25) is 19.6 Å². The summed E-state index contributed by atoms with van der Waals surface area (Å²) in [5, 5.41) is 9.04. The maximum absolute atomic E-state index is 12.9. The molecule has 1 heterocycles. The number of carbonyl (C=O) groups excluding carboxylic acids is 1. The van der Waals surface area contributed by atoms with Gasteiger partial charge in [0.1, 0.15) is 14.1 Å². The summed E-state index contributed by atoms with van der Waals surface area (Å²) in [4.78, 5) is 24.5. The molecule has 0 radical (unpaired) electrons. The Labute approximate surface area is 154 Å². The molecular weight excluding hydrogens is 383 g/mol. The van der Waals surface area contributed by atoms with E-state index in [2.05, 4.69) is 11.5 Å². The summed E-state index contributed by atoms with van der Waals surface area (Å²) in [6.45, 7) is 6.20. The number of amides is 1. The second-order valence-electron chi connectivity index (χ2n) is 6.90. The Bertz CT molecular complexity index is 793. The number of carboxylic acids is 1. The summed E-state index contributed by atoms with van der Waals surface area (Å²) >= 11 is -0.320. The minimum absolute atomic E-state index is 0.0289. The van der Waals surface area contributed by atoms with Crippen molar-refractivity contribution in [2.45, 2.75) is 42.5 Å². The highest BCUT2D eigenvalue weighted by Crippen LogP contribution is 2.39. The first-order valence-electron chi connectivity index (χ1n) is 7.84. The summed E-state index contributed by atoms with van der Waals surface area (Å²) in [5.41, 5.74) is -1.26. The lowest BCUT2D eigenvalue weighted by molar-refractivity contribution is -0.146. The van der Waals surface area contributed by atoms with Crippen molar-refractivity contribution in [2.75, 3.05) is 6.54 Å². The Kier molecular flexibility index (Phi) is 5.78. The lowest BCUT2D eigenvalue weighted by atomic mass is 10.0. The molecule has 0 spiro atoms. The number of alkyl halides is 3. The third kappa shape index (κ3) is 5.29. The van der Waals surface area contributed by atoms with E-state index in [4.69, 9.17) is 5.11 Å². The van der Waals surface area contributed by atoms with Gasteiger partial charge < -0.3 is 10.0 Å². The van der Waals surface area contributed by atoms with Gasteiger partial charge in [-0.2, -0.15) is 13.2 Å². The van der Waals surface area contributed by atoms with Crippen LogP contribution in [-0.2, 0) is 4.79 Å². The zero-order valence-corrected chi connectivity index (χ0v) is 16.3. The molecule has 1 fully saturated rings. The predicted octanol–water partition coefficient (Wildman–Crippen LogP) is 3.83. The number of hydrogen-bond donors (Lipinski definition) is 1. The van der Waals surface area contributed by atoms with E-state index >= 15 is 0 Å². The van der Waals surface area contributed by atoms with E-state index < -0.39 is 31.5 Å². The van der Waals surface area contributed by atoms with Crippen molar-refractivity contribution in [3.8, 4) is 11.5 Å². The van der Waals surface area contributed by atoms with E-state index in [1.165, 1.54) is 12.1 Å². The molecule has 140 valence electrons. The molecule has 1 aliphatic rings. The van der Waals surface area contributed by atoms with E-state index in [9.17, 15) is 22.8 Å². The fraction of sp³-hybridized carbons (Fsp3) is 0.412. The largest absolute Gasteiger partial charge is 0.480 e. The van der Waals surface area contributed by atoms with Crippen LogP contribution in [0, 0.1) is 11.5 Å². The highest BCUT2D eigenvalue weighted by atomic mass is 32.2. The first-order chi connectivity index (χ1) is 11.9. The smallest absolute Gasteiger partial charge is 0.446 e. The van der Waals surface area contributed by atoms with Crippen LogP contribution in [0.25, 0.3) is 0 Å². The van der Waals surface area contributed by atoms with Crippen LogP contribution in [0.1, 0.15) is 22.3 Å². The van der Waals surface area contributed by atoms with Crippen LogP contribution in [0.5, 0.6) is 0 Å². The Hall–Kier alpha value is -1.92. The molecule has 0 unspecified atom stereocenters. The lowest BCUT2D eigenvalue weighted by Gasteiger charge is -2.38. The summed E-state index contributed by atoms with van der Waals surface area (Å²) in [7, 11) is -1.79. The molecule has 1 saturated heterocycles. The zero-order valence-electron chi connectivity index (χ0n) is 14.5. The van der Waals surface area contributed by atoms with Crippen LogP contribution in [0.4, 0.5) is 13.2 Å². The maximum Gasteiger partial charge on any atom is 0.446 e. The molecule has 2 rings (SSSR count). The number of benzene rings is 1. The monoisotopic (exact) mass is 401 g/mol. The third-order valence-electron chi connectivity index (χ3n) is 3.59. The van der Waals surface area contributed by atoms with E-state index in [0.717, 1.165) is 11.0 Å². The molecule has 0 aliphatic carbocycles. The Morgan fingerprint density at radius 2 is 1.96 bits per heavy atom. The number of nitrogens with zero attached hydrogens (tertiary/aromatic N) is 1. The normalized spacial score (nSPS) is 17.2. The van der Waals surface area contributed by atoms with Crippen molar-refractivity contribution in [1.29, 1.82) is 0 Å². The maximum atomic E-state index is 12.9. The number of likely N-dealkylation sites (tertiary alicyclic amines) is 1. The van der Waals surface area contributed by atoms with E-state index in [-0.39, 0.29) is 34.3 Å². The van der Waals surface area contributed by atoms with Crippen LogP contribution in [0.3, 0.4) is 0 Å². The molecular formula is C17H18F3NO3SSi. The van der Waals surface area contributed by atoms with Gasteiger partial charge in [-0.1, -0.05) is 25.6 Å². The van der Waals surface area contributed by atoms with Crippen molar-refractivity contribution in [2.24, 2.45) is 0 Å². The first-order valence-corrected chi connectivity index (χ1v) is 12.2. The van der Waals surface area contributed by atoms with Crippen molar-refractivity contribution in [3.63, 3.8) is 0 Å². The van der Waals surface area contributed by atoms with Crippen LogP contribution in [-0.4, -0.2) is 48.1 Å². The molecule has 0 bridgehead atoms. The van der Waals surface area contributed by atoms with Gasteiger partial charge in [-0.3, -0.25) is 4.79 Å². The predicted molar refractivity (Wildman–Crippen MR) is 95.7 cm³/mol. The van der Waals surface area contributed by atoms with E-state index in [0.29, 0.717) is 6.42 Å². The first kappa shape index (κ1) is 20.4. The molecule has 1 N–H and O–H groups in total. The summed E-state index contributed by atoms with van der Waals surface area (Å²) in [6, 6.07) is 3.01. The number of carbonyl (C=O) groups is 2. The van der Waals surface area contributed by atoms with Crippen LogP contribution in [0.15, 0.2) is 23.1 Å². The molecule has 26 heavy (non-hydrogen) atoms. The van der Waals surface area contributed by atoms with Crippen molar-refractivity contribution in [1.82, 2.24) is 4.90 Å². The quantitative estimate of drug-likeness (QED) is 0.475. The second-order valence-corrected chi connectivity index (χ2v) is 12.8. The SMILES string of the molecule is C[Si](C)(C)C#Cc1ccc(C(=O)N2CC[C@@H]2C(=O)O)cc1SC(F)(F)F. The van der Waals surface area contributed by atoms with Gasteiger partial charge in [0.05, 0.1) is 0 Å². The molecule has 1 aliphatic heterocycles. The Morgan fingerprint density at radius 3 is 2.42 bits per heavy atom. The average molecular weight is 401 g/mol. The fourth-order valence-electron chi connectivity index (χ4n) is 2.28. The van der Waals surface area contributed by atoms with E-state index in [1.807, 2.05) is 19.6 Å². The molecule has 0 aromatic heterocycles. The van der Waals surface area contributed by atoms with Gasteiger partial charge in [0, 0.05) is 22.6 Å². The molecule has 0 saturated carbocycles. The molecule has 1 atom stereocenters. The number of halogens is 3. The minimum Gasteiger partial charge on any atom is -0.480 e. The summed E-state index contributed by atoms with van der Waals surface area (Å²) in [5.74, 6) is 1.09. The van der Waals surface area contributed by atoms with Gasteiger partial charge >= 0.3 is 11.5 Å². The van der Waals surface area contributed by atoms with Gasteiger partial charge in [0.15, 0.2) is 0 Å². The van der Waals surface area contributed by atoms with Gasteiger partial charge in [-0.25, -0.2) is 4.79 Å². The molecule has 9 heteroatoms. The topological polar surface area (TPSA) is 57.6 Å². The lowest BCUT2D eigenvalue weighted by Crippen LogP contribution is -2.55.